The monoisotopic (exact) mass is 428 g/mol. The zero-order chi connectivity index (χ0) is 21.8. The number of rotatable bonds is 5. The van der Waals surface area contributed by atoms with Crippen LogP contribution in [0.5, 0.6) is 0 Å². The molecule has 0 aromatic carbocycles. The molecule has 31 heavy (non-hydrogen) atoms. The van der Waals surface area contributed by atoms with Gasteiger partial charge in [-0.15, -0.1) is 0 Å². The first kappa shape index (κ1) is 21.5. The van der Waals surface area contributed by atoms with Crippen LogP contribution in [0, 0.1) is 18.8 Å². The van der Waals surface area contributed by atoms with Crippen molar-refractivity contribution < 1.29 is 14.1 Å². The molecule has 2 aliphatic heterocycles. The van der Waals surface area contributed by atoms with Gasteiger partial charge in [0, 0.05) is 57.2 Å². The Morgan fingerprint density at radius 3 is 2.68 bits per heavy atom. The molecule has 4 rings (SSSR count). The number of aromatic nitrogens is 3. The third-order valence-corrected chi connectivity index (χ3v) is 6.40. The normalized spacial score (nSPS) is 23.5. The van der Waals surface area contributed by atoms with Gasteiger partial charge in [-0.2, -0.15) is 5.10 Å². The number of hydrogen-bond acceptors (Lipinski definition) is 6. The fourth-order valence-electron chi connectivity index (χ4n) is 4.73. The third kappa shape index (κ3) is 5.52. The summed E-state index contributed by atoms with van der Waals surface area (Å²) in [6.45, 7) is 5.76. The molecule has 2 aliphatic rings. The van der Waals surface area contributed by atoms with E-state index in [2.05, 4.69) is 20.5 Å². The summed E-state index contributed by atoms with van der Waals surface area (Å²) in [5.74, 6) is 1.19. The molecule has 0 unspecified atom stereocenters. The van der Waals surface area contributed by atoms with E-state index in [9.17, 15) is 9.59 Å². The number of carbonyl (C=O) groups excluding carboxylic acids is 2. The van der Waals surface area contributed by atoms with E-state index in [1.54, 1.807) is 13.0 Å². The second kappa shape index (κ2) is 9.64. The number of nitrogens with one attached hydrogen (secondary N) is 1. The lowest BCUT2D eigenvalue weighted by atomic mass is 9.94. The van der Waals surface area contributed by atoms with Crippen molar-refractivity contribution in [2.45, 2.75) is 45.2 Å². The molecule has 0 spiro atoms. The summed E-state index contributed by atoms with van der Waals surface area (Å²) in [6, 6.07) is 3.58. The molecular formula is C22H32N6O3. The van der Waals surface area contributed by atoms with Gasteiger partial charge >= 0.3 is 0 Å². The highest BCUT2D eigenvalue weighted by Gasteiger charge is 2.32. The van der Waals surface area contributed by atoms with Gasteiger partial charge in [-0.05, 0) is 51.6 Å². The first-order valence-electron chi connectivity index (χ1n) is 11.2. The summed E-state index contributed by atoms with van der Waals surface area (Å²) in [5, 5.41) is 11.1. The predicted octanol–water partition coefficient (Wildman–Crippen LogP) is 1.56. The summed E-state index contributed by atoms with van der Waals surface area (Å²) in [7, 11) is 2.02. The number of carbonyl (C=O) groups is 2. The van der Waals surface area contributed by atoms with E-state index in [-0.39, 0.29) is 23.8 Å². The Balaban J connectivity index is 1.27. The summed E-state index contributed by atoms with van der Waals surface area (Å²) in [5.41, 5.74) is 0.301. The van der Waals surface area contributed by atoms with Gasteiger partial charge in [0.25, 0.3) is 5.91 Å². The Bertz CT molecular complexity index is 872. The molecule has 4 heterocycles. The van der Waals surface area contributed by atoms with Crippen LogP contribution in [0.25, 0.3) is 0 Å². The van der Waals surface area contributed by atoms with Crippen molar-refractivity contribution >= 4 is 11.8 Å². The van der Waals surface area contributed by atoms with Gasteiger partial charge in [0.1, 0.15) is 5.76 Å². The fraction of sp³-hybridized carbons (Fsp3) is 0.636. The van der Waals surface area contributed by atoms with Gasteiger partial charge in [0.15, 0.2) is 5.69 Å². The maximum atomic E-state index is 13.2. The number of likely N-dealkylation sites (tertiary alicyclic amines) is 2. The minimum atomic E-state index is -0.223. The average Bonchev–Trinajstić information content (AvgIpc) is 3.38. The molecular weight excluding hydrogens is 396 g/mol. The van der Waals surface area contributed by atoms with Gasteiger partial charge in [-0.3, -0.25) is 14.3 Å². The lowest BCUT2D eigenvalue weighted by molar-refractivity contribution is -0.137. The van der Waals surface area contributed by atoms with E-state index in [1.165, 1.54) is 0 Å². The molecule has 2 saturated heterocycles. The Hall–Kier alpha value is -2.68. The maximum absolute atomic E-state index is 13.2. The maximum Gasteiger partial charge on any atom is 0.273 e. The molecule has 0 aliphatic carbocycles. The molecule has 0 saturated carbocycles. The number of likely N-dealkylation sites (N-methyl/N-ethyl adjacent to an activating group) is 1. The van der Waals surface area contributed by atoms with Crippen LogP contribution in [0.2, 0.25) is 0 Å². The minimum absolute atomic E-state index is 0.00730. The van der Waals surface area contributed by atoms with Crippen molar-refractivity contribution in [3.05, 3.63) is 36.0 Å². The quantitative estimate of drug-likeness (QED) is 0.776. The van der Waals surface area contributed by atoms with Crippen molar-refractivity contribution in [2.24, 2.45) is 11.8 Å². The van der Waals surface area contributed by atoms with E-state index in [0.717, 1.165) is 58.4 Å². The number of amides is 2. The molecule has 1 N–H and O–H groups in total. The highest BCUT2D eigenvalue weighted by atomic mass is 16.5. The van der Waals surface area contributed by atoms with Crippen molar-refractivity contribution in [1.82, 2.24) is 30.1 Å². The largest absolute Gasteiger partial charge is 0.361 e. The van der Waals surface area contributed by atoms with Gasteiger partial charge in [0.05, 0.1) is 5.92 Å². The van der Waals surface area contributed by atoms with Crippen LogP contribution in [0.15, 0.2) is 29.0 Å². The van der Waals surface area contributed by atoms with E-state index < -0.39 is 0 Å². The molecule has 168 valence electrons. The topological polar surface area (TPSA) is 96.5 Å². The van der Waals surface area contributed by atoms with Gasteiger partial charge in [-0.1, -0.05) is 5.16 Å². The number of hydrogen-bond donors (Lipinski definition) is 1. The van der Waals surface area contributed by atoms with Crippen molar-refractivity contribution in [3.8, 4) is 0 Å². The van der Waals surface area contributed by atoms with Gasteiger partial charge in [0.2, 0.25) is 5.91 Å². The van der Waals surface area contributed by atoms with Crippen molar-refractivity contribution in [2.75, 3.05) is 33.2 Å². The molecule has 0 radical (unpaired) electrons. The fourth-order valence-corrected chi connectivity index (χ4v) is 4.73. The first-order chi connectivity index (χ1) is 15.0. The molecule has 0 bridgehead atoms. The smallest absolute Gasteiger partial charge is 0.273 e. The zero-order valence-electron chi connectivity index (χ0n) is 18.4. The summed E-state index contributed by atoms with van der Waals surface area (Å²) >= 11 is 0. The SMILES string of the molecule is Cc1cc(C(=O)N[C@H]2CC[C@@H](C(=O)N3CCC(Cn4cccn4)CC3)CN(C)C2)no1. The van der Waals surface area contributed by atoms with Crippen LogP contribution in [-0.2, 0) is 11.3 Å². The van der Waals surface area contributed by atoms with Crippen molar-refractivity contribution in [1.29, 1.82) is 0 Å². The Morgan fingerprint density at radius 1 is 1.19 bits per heavy atom. The number of aryl methyl sites for hydroxylation is 1. The van der Waals surface area contributed by atoms with Crippen LogP contribution in [-0.4, -0.2) is 75.8 Å². The Kier molecular flexibility index (Phi) is 6.70. The van der Waals surface area contributed by atoms with Crippen molar-refractivity contribution in [3.63, 3.8) is 0 Å². The number of piperidine rings is 1. The standard InChI is InChI=1S/C22H32N6O3/c1-16-12-20(25-31-16)21(29)24-19-5-4-18(14-26(2)15-19)22(30)27-10-6-17(7-11-27)13-28-9-3-8-23-28/h3,8-9,12,17-19H,4-7,10-11,13-15H2,1-2H3,(H,24,29)/t18-,19+/m1/s1. The van der Waals surface area contributed by atoms with Crippen LogP contribution in [0.1, 0.15) is 41.9 Å². The third-order valence-electron chi connectivity index (χ3n) is 6.40. The molecule has 2 fully saturated rings. The summed E-state index contributed by atoms with van der Waals surface area (Å²) in [4.78, 5) is 29.8. The van der Waals surface area contributed by atoms with Crippen LogP contribution in [0.4, 0.5) is 0 Å². The van der Waals surface area contributed by atoms with Gasteiger partial charge < -0.3 is 19.6 Å². The zero-order valence-corrected chi connectivity index (χ0v) is 18.4. The second-order valence-electron chi connectivity index (χ2n) is 8.99. The second-order valence-corrected chi connectivity index (χ2v) is 8.99. The summed E-state index contributed by atoms with van der Waals surface area (Å²) < 4.78 is 6.98. The Morgan fingerprint density at radius 2 is 2.00 bits per heavy atom. The molecule has 2 aromatic heterocycles. The van der Waals surface area contributed by atoms with E-state index in [0.29, 0.717) is 17.4 Å². The van der Waals surface area contributed by atoms with E-state index in [1.807, 2.05) is 35.1 Å². The molecule has 2 aromatic rings. The van der Waals surface area contributed by atoms with Gasteiger partial charge in [-0.25, -0.2) is 0 Å². The van der Waals surface area contributed by atoms with Crippen LogP contribution < -0.4 is 5.32 Å². The predicted molar refractivity (Wildman–Crippen MR) is 114 cm³/mol. The molecule has 9 heteroatoms. The van der Waals surface area contributed by atoms with Crippen LogP contribution in [0.3, 0.4) is 0 Å². The first-order valence-corrected chi connectivity index (χ1v) is 11.2. The molecule has 9 nitrogen and oxygen atoms in total. The highest BCUT2D eigenvalue weighted by molar-refractivity contribution is 5.92. The van der Waals surface area contributed by atoms with E-state index in [4.69, 9.17) is 4.52 Å². The average molecular weight is 429 g/mol. The lowest BCUT2D eigenvalue weighted by Crippen LogP contribution is -2.45. The molecule has 2 atom stereocenters. The highest BCUT2D eigenvalue weighted by Crippen LogP contribution is 2.24. The summed E-state index contributed by atoms with van der Waals surface area (Å²) in [6.07, 6.45) is 7.40. The molecule has 2 amide bonds. The minimum Gasteiger partial charge on any atom is -0.361 e. The number of nitrogens with zero attached hydrogens (tertiary/aromatic N) is 5. The van der Waals surface area contributed by atoms with Crippen LogP contribution >= 0.6 is 0 Å². The Labute approximate surface area is 182 Å². The van der Waals surface area contributed by atoms with E-state index >= 15 is 0 Å². The lowest BCUT2D eigenvalue weighted by Gasteiger charge is -2.34.